The lowest BCUT2D eigenvalue weighted by Crippen LogP contribution is -2.14. The summed E-state index contributed by atoms with van der Waals surface area (Å²) in [6.07, 6.45) is 0. The van der Waals surface area contributed by atoms with E-state index >= 15 is 0 Å². The van der Waals surface area contributed by atoms with Crippen LogP contribution in [0.2, 0.25) is 0 Å². The molecule has 0 saturated heterocycles. The standard InChI is InChI=1S/C6H10N4O/c1-3-5(6(7)10-11)4(2)9-8-3/h11H,1-2H3,(H2,7,10)(H,8,9). The summed E-state index contributed by atoms with van der Waals surface area (Å²) in [5.41, 5.74) is 7.59. The molecule has 4 N–H and O–H groups in total. The van der Waals surface area contributed by atoms with Gasteiger partial charge in [-0.3, -0.25) is 5.10 Å². The summed E-state index contributed by atoms with van der Waals surface area (Å²) in [6, 6.07) is 0. The average Bonchev–Trinajstić information content (AvgIpc) is 2.30. The van der Waals surface area contributed by atoms with Gasteiger partial charge in [0.25, 0.3) is 0 Å². The van der Waals surface area contributed by atoms with Crippen LogP contribution in [-0.4, -0.2) is 21.2 Å². The van der Waals surface area contributed by atoms with Crippen LogP contribution in [-0.2, 0) is 0 Å². The van der Waals surface area contributed by atoms with Crippen LogP contribution < -0.4 is 5.73 Å². The Morgan fingerprint density at radius 3 is 2.64 bits per heavy atom. The molecule has 0 aliphatic carbocycles. The van der Waals surface area contributed by atoms with Crippen LogP contribution in [0.3, 0.4) is 0 Å². The molecule has 0 spiro atoms. The number of aromatic amines is 1. The highest BCUT2D eigenvalue weighted by atomic mass is 16.4. The molecular formula is C6H10N4O. The molecule has 1 heterocycles. The minimum atomic E-state index is 0.0914. The van der Waals surface area contributed by atoms with Crippen molar-refractivity contribution in [3.63, 3.8) is 0 Å². The molecule has 0 aliphatic heterocycles. The summed E-state index contributed by atoms with van der Waals surface area (Å²) < 4.78 is 0. The highest BCUT2D eigenvalue weighted by Gasteiger charge is 2.09. The van der Waals surface area contributed by atoms with Gasteiger partial charge >= 0.3 is 0 Å². The van der Waals surface area contributed by atoms with E-state index in [1.54, 1.807) is 6.92 Å². The topological polar surface area (TPSA) is 87.3 Å². The summed E-state index contributed by atoms with van der Waals surface area (Å²) in [6.45, 7) is 3.60. The van der Waals surface area contributed by atoms with Crippen molar-refractivity contribution in [3.05, 3.63) is 17.0 Å². The third-order valence-electron chi connectivity index (χ3n) is 1.49. The van der Waals surface area contributed by atoms with E-state index in [0.717, 1.165) is 11.4 Å². The van der Waals surface area contributed by atoms with Gasteiger partial charge in [0.2, 0.25) is 0 Å². The SMILES string of the molecule is Cc1n[nH]c(C)c1/C(N)=N/O. The molecule has 0 radical (unpaired) electrons. The minimum absolute atomic E-state index is 0.0914. The predicted molar refractivity (Wildman–Crippen MR) is 40.6 cm³/mol. The van der Waals surface area contributed by atoms with Crippen LogP contribution in [0.4, 0.5) is 0 Å². The number of aryl methyl sites for hydroxylation is 2. The fourth-order valence-electron chi connectivity index (χ4n) is 0.978. The maximum Gasteiger partial charge on any atom is 0.173 e. The number of oxime groups is 1. The van der Waals surface area contributed by atoms with Crippen molar-refractivity contribution < 1.29 is 5.21 Å². The molecule has 5 nitrogen and oxygen atoms in total. The number of nitrogens with two attached hydrogens (primary N) is 1. The van der Waals surface area contributed by atoms with Crippen LogP contribution in [0, 0.1) is 13.8 Å². The van der Waals surface area contributed by atoms with E-state index in [1.807, 2.05) is 6.92 Å². The average molecular weight is 154 g/mol. The number of H-pyrrole nitrogens is 1. The van der Waals surface area contributed by atoms with E-state index < -0.39 is 0 Å². The van der Waals surface area contributed by atoms with Crippen molar-refractivity contribution in [3.8, 4) is 0 Å². The summed E-state index contributed by atoms with van der Waals surface area (Å²) in [5.74, 6) is 0.0914. The Hall–Kier alpha value is -1.52. The summed E-state index contributed by atoms with van der Waals surface area (Å²) in [7, 11) is 0. The lowest BCUT2D eigenvalue weighted by molar-refractivity contribution is 0.318. The second kappa shape index (κ2) is 2.61. The molecule has 11 heavy (non-hydrogen) atoms. The van der Waals surface area contributed by atoms with Crippen molar-refractivity contribution in [1.82, 2.24) is 10.2 Å². The van der Waals surface area contributed by atoms with Gasteiger partial charge in [-0.15, -0.1) is 0 Å². The quantitative estimate of drug-likeness (QED) is 0.232. The Morgan fingerprint density at radius 2 is 2.27 bits per heavy atom. The Balaban J connectivity index is 3.21. The van der Waals surface area contributed by atoms with Crippen molar-refractivity contribution in [1.29, 1.82) is 0 Å². The molecule has 0 aromatic carbocycles. The number of aromatic nitrogens is 2. The summed E-state index contributed by atoms with van der Waals surface area (Å²) in [5, 5.41) is 17.9. The van der Waals surface area contributed by atoms with E-state index in [9.17, 15) is 0 Å². The molecule has 0 amide bonds. The van der Waals surface area contributed by atoms with Crippen LogP contribution in [0.25, 0.3) is 0 Å². The van der Waals surface area contributed by atoms with Crippen molar-refractivity contribution >= 4 is 5.84 Å². The van der Waals surface area contributed by atoms with E-state index in [-0.39, 0.29) is 5.84 Å². The Kier molecular flexibility index (Phi) is 1.80. The maximum atomic E-state index is 8.38. The second-order valence-corrected chi connectivity index (χ2v) is 2.29. The zero-order chi connectivity index (χ0) is 8.43. The second-order valence-electron chi connectivity index (χ2n) is 2.29. The molecule has 0 atom stereocenters. The highest BCUT2D eigenvalue weighted by Crippen LogP contribution is 2.07. The molecule has 0 unspecified atom stereocenters. The van der Waals surface area contributed by atoms with Crippen molar-refractivity contribution in [2.45, 2.75) is 13.8 Å². The number of amidine groups is 1. The first-order chi connectivity index (χ1) is 5.16. The Bertz CT molecular complexity index is 269. The lowest BCUT2D eigenvalue weighted by atomic mass is 10.2. The fourth-order valence-corrected chi connectivity index (χ4v) is 0.978. The van der Waals surface area contributed by atoms with Gasteiger partial charge in [-0.05, 0) is 13.8 Å². The fraction of sp³-hybridized carbons (Fsp3) is 0.333. The third-order valence-corrected chi connectivity index (χ3v) is 1.49. The van der Waals surface area contributed by atoms with E-state index in [1.165, 1.54) is 0 Å². The van der Waals surface area contributed by atoms with Gasteiger partial charge in [-0.25, -0.2) is 0 Å². The normalized spacial score (nSPS) is 12.0. The Morgan fingerprint density at radius 1 is 1.64 bits per heavy atom. The first kappa shape index (κ1) is 7.59. The third kappa shape index (κ3) is 1.17. The zero-order valence-corrected chi connectivity index (χ0v) is 6.42. The van der Waals surface area contributed by atoms with Crippen LogP contribution in [0.5, 0.6) is 0 Å². The van der Waals surface area contributed by atoms with Gasteiger partial charge < -0.3 is 10.9 Å². The molecule has 1 aromatic rings. The first-order valence-corrected chi connectivity index (χ1v) is 3.16. The van der Waals surface area contributed by atoms with Gasteiger partial charge in [0.1, 0.15) is 0 Å². The molecule has 0 saturated carbocycles. The van der Waals surface area contributed by atoms with Gasteiger partial charge in [0, 0.05) is 5.69 Å². The van der Waals surface area contributed by atoms with Crippen LogP contribution in [0.15, 0.2) is 5.16 Å². The summed E-state index contributed by atoms with van der Waals surface area (Å²) in [4.78, 5) is 0. The van der Waals surface area contributed by atoms with Gasteiger partial charge in [0.15, 0.2) is 5.84 Å². The van der Waals surface area contributed by atoms with Crippen LogP contribution >= 0.6 is 0 Å². The van der Waals surface area contributed by atoms with Crippen LogP contribution in [0.1, 0.15) is 17.0 Å². The van der Waals surface area contributed by atoms with E-state index in [4.69, 9.17) is 10.9 Å². The molecule has 5 heteroatoms. The Labute approximate surface area is 63.9 Å². The monoisotopic (exact) mass is 154 g/mol. The molecular weight excluding hydrogens is 144 g/mol. The zero-order valence-electron chi connectivity index (χ0n) is 6.42. The molecule has 1 aromatic heterocycles. The predicted octanol–water partition coefficient (Wildman–Crippen LogP) is 0.121. The summed E-state index contributed by atoms with van der Waals surface area (Å²) >= 11 is 0. The highest BCUT2D eigenvalue weighted by molar-refractivity contribution is 5.98. The number of nitrogens with one attached hydrogen (secondary N) is 1. The largest absolute Gasteiger partial charge is 0.409 e. The van der Waals surface area contributed by atoms with Gasteiger partial charge in [-0.2, -0.15) is 5.10 Å². The molecule has 0 aliphatic rings. The van der Waals surface area contributed by atoms with Gasteiger partial charge in [-0.1, -0.05) is 5.16 Å². The maximum absolute atomic E-state index is 8.38. The van der Waals surface area contributed by atoms with E-state index in [0.29, 0.717) is 5.56 Å². The number of hydrogen-bond acceptors (Lipinski definition) is 3. The molecule has 1 rings (SSSR count). The number of nitrogens with zero attached hydrogens (tertiary/aromatic N) is 2. The lowest BCUT2D eigenvalue weighted by Gasteiger charge is -1.95. The van der Waals surface area contributed by atoms with Crippen molar-refractivity contribution in [2.75, 3.05) is 0 Å². The van der Waals surface area contributed by atoms with Gasteiger partial charge in [0.05, 0.1) is 11.3 Å². The number of hydrogen-bond donors (Lipinski definition) is 3. The van der Waals surface area contributed by atoms with E-state index in [2.05, 4.69) is 15.4 Å². The van der Waals surface area contributed by atoms with Crippen molar-refractivity contribution in [2.24, 2.45) is 10.9 Å². The minimum Gasteiger partial charge on any atom is -0.409 e. The molecule has 60 valence electrons. The first-order valence-electron chi connectivity index (χ1n) is 3.16. The molecule has 0 bridgehead atoms. The smallest absolute Gasteiger partial charge is 0.173 e. The molecule has 0 fully saturated rings. The number of rotatable bonds is 1.